The van der Waals surface area contributed by atoms with Crippen LogP contribution in [0.2, 0.25) is 5.02 Å². The summed E-state index contributed by atoms with van der Waals surface area (Å²) in [4.78, 5) is 0. The van der Waals surface area contributed by atoms with E-state index in [-0.39, 0.29) is 6.07 Å². The third-order valence-electron chi connectivity index (χ3n) is 3.12. The molecule has 1 aromatic rings. The first-order valence-corrected chi connectivity index (χ1v) is 7.14. The van der Waals surface area contributed by atoms with Crippen LogP contribution in [0.1, 0.15) is 5.56 Å². The third-order valence-corrected chi connectivity index (χ3v) is 4.07. The zero-order valence-corrected chi connectivity index (χ0v) is 14.3. The average molecular weight is 490 g/mol. The molecule has 1 nitrogen and oxygen atoms in total. The average Bonchev–Trinajstić information content (AvgIpc) is 2.47. The van der Waals surface area contributed by atoms with Crippen molar-refractivity contribution in [3.63, 3.8) is 0 Å². The quantitative estimate of drug-likeness (QED) is 0.420. The monoisotopic (exact) mass is 488 g/mol. The fourth-order valence-corrected chi connectivity index (χ4v) is 2.48. The lowest BCUT2D eigenvalue weighted by Gasteiger charge is -2.37. The SMILES string of the molecule is COc1cc(Br)c(C(F)(F)C(F)(F)C(F)(F)C(F)(F)C(F)(F)F)cc1Cl. The molecule has 0 fully saturated rings. The molecule has 0 N–H and O–H groups in total. The van der Waals surface area contributed by atoms with E-state index in [9.17, 15) is 48.3 Å². The van der Waals surface area contributed by atoms with Crippen LogP contribution in [-0.4, -0.2) is 31.1 Å². The fourth-order valence-electron chi connectivity index (χ4n) is 1.67. The summed E-state index contributed by atoms with van der Waals surface area (Å²) < 4.78 is 147. The smallest absolute Gasteiger partial charge is 0.460 e. The second-order valence-corrected chi connectivity index (χ2v) is 6.02. The molecule has 26 heavy (non-hydrogen) atoms. The van der Waals surface area contributed by atoms with Gasteiger partial charge in [0.25, 0.3) is 0 Å². The minimum Gasteiger partial charge on any atom is -0.495 e. The summed E-state index contributed by atoms with van der Waals surface area (Å²) in [7, 11) is 0.970. The summed E-state index contributed by atoms with van der Waals surface area (Å²) in [5.74, 6) is -28.7. The second-order valence-electron chi connectivity index (χ2n) is 4.76. The number of alkyl halides is 11. The van der Waals surface area contributed by atoms with E-state index in [4.69, 9.17) is 11.6 Å². The second kappa shape index (κ2) is 6.57. The number of methoxy groups -OCH3 is 1. The van der Waals surface area contributed by atoms with Crippen molar-refractivity contribution < 1.29 is 53.0 Å². The van der Waals surface area contributed by atoms with Gasteiger partial charge in [0.15, 0.2) is 0 Å². The molecular formula is C12H5BrClF11O. The van der Waals surface area contributed by atoms with Crippen LogP contribution in [-0.2, 0) is 5.92 Å². The lowest BCUT2D eigenvalue weighted by molar-refractivity contribution is -0.424. The van der Waals surface area contributed by atoms with E-state index in [0.717, 1.165) is 7.11 Å². The van der Waals surface area contributed by atoms with Gasteiger partial charge in [0.2, 0.25) is 0 Å². The maximum atomic E-state index is 14.0. The van der Waals surface area contributed by atoms with Crippen molar-refractivity contribution in [3.05, 3.63) is 27.2 Å². The van der Waals surface area contributed by atoms with E-state index in [1.807, 2.05) is 0 Å². The Morgan fingerprint density at radius 3 is 1.65 bits per heavy atom. The van der Waals surface area contributed by atoms with Gasteiger partial charge in [0, 0.05) is 10.0 Å². The molecule has 0 amide bonds. The van der Waals surface area contributed by atoms with E-state index in [1.54, 1.807) is 0 Å². The van der Waals surface area contributed by atoms with Crippen molar-refractivity contribution >= 4 is 27.5 Å². The molecule has 1 aromatic carbocycles. The number of benzene rings is 1. The van der Waals surface area contributed by atoms with Gasteiger partial charge in [-0.2, -0.15) is 48.3 Å². The van der Waals surface area contributed by atoms with E-state index in [2.05, 4.69) is 20.7 Å². The predicted octanol–water partition coefficient (Wildman–Crippen LogP) is 6.67. The summed E-state index contributed by atoms with van der Waals surface area (Å²) >= 11 is 7.70. The van der Waals surface area contributed by atoms with E-state index >= 15 is 0 Å². The van der Waals surface area contributed by atoms with Crippen LogP contribution >= 0.6 is 27.5 Å². The molecule has 150 valence electrons. The van der Waals surface area contributed by atoms with Gasteiger partial charge in [-0.05, 0) is 12.1 Å². The molecule has 0 aliphatic heterocycles. The Hall–Kier alpha value is -0.980. The molecule has 0 aliphatic rings. The molecule has 14 heteroatoms. The molecule has 0 bridgehead atoms. The molecule has 0 saturated heterocycles. The Labute approximate surface area is 151 Å². The van der Waals surface area contributed by atoms with Crippen molar-refractivity contribution in [2.75, 3.05) is 7.11 Å². The van der Waals surface area contributed by atoms with Crippen LogP contribution in [0.25, 0.3) is 0 Å². The summed E-state index contributed by atoms with van der Waals surface area (Å²) in [6.07, 6.45) is -7.22. The van der Waals surface area contributed by atoms with Crippen molar-refractivity contribution in [3.8, 4) is 5.75 Å². The fraction of sp³-hybridized carbons (Fsp3) is 0.500. The first-order chi connectivity index (χ1) is 11.4. The van der Waals surface area contributed by atoms with Crippen LogP contribution < -0.4 is 4.74 Å². The lowest BCUT2D eigenvalue weighted by atomic mass is 9.93. The molecule has 0 unspecified atom stereocenters. The van der Waals surface area contributed by atoms with E-state index < -0.39 is 50.7 Å². The van der Waals surface area contributed by atoms with Crippen LogP contribution in [0.3, 0.4) is 0 Å². The Kier molecular flexibility index (Phi) is 5.83. The largest absolute Gasteiger partial charge is 0.495 e. The number of halogens is 13. The van der Waals surface area contributed by atoms with Gasteiger partial charge in [-0.15, -0.1) is 0 Å². The molecule has 0 atom stereocenters. The molecule has 0 heterocycles. The molecule has 0 aromatic heterocycles. The normalized spacial score (nSPS) is 14.5. The molecule has 0 saturated carbocycles. The maximum Gasteiger partial charge on any atom is 0.460 e. The van der Waals surface area contributed by atoms with E-state index in [0.29, 0.717) is 6.07 Å². The van der Waals surface area contributed by atoms with Gasteiger partial charge in [0.1, 0.15) is 5.75 Å². The number of ether oxygens (including phenoxy) is 1. The first-order valence-electron chi connectivity index (χ1n) is 5.97. The molecule has 0 aliphatic carbocycles. The zero-order chi connectivity index (χ0) is 20.9. The van der Waals surface area contributed by atoms with Crippen molar-refractivity contribution in [2.45, 2.75) is 29.9 Å². The highest BCUT2D eigenvalue weighted by Gasteiger charge is 2.87. The number of rotatable bonds is 5. The minimum absolute atomic E-state index is 0.0276. The highest BCUT2D eigenvalue weighted by atomic mass is 79.9. The van der Waals surface area contributed by atoms with Crippen LogP contribution in [0, 0.1) is 0 Å². The highest BCUT2D eigenvalue weighted by Crippen LogP contribution is 2.60. The van der Waals surface area contributed by atoms with Crippen LogP contribution in [0.5, 0.6) is 5.75 Å². The maximum absolute atomic E-state index is 14.0. The Morgan fingerprint density at radius 2 is 1.27 bits per heavy atom. The van der Waals surface area contributed by atoms with Gasteiger partial charge in [-0.3, -0.25) is 0 Å². The summed E-state index contributed by atoms with van der Waals surface area (Å²) in [5, 5.41) is -0.813. The first kappa shape index (κ1) is 23.1. The molecular weight excluding hydrogens is 484 g/mol. The van der Waals surface area contributed by atoms with Gasteiger partial charge in [0.05, 0.1) is 12.1 Å². The van der Waals surface area contributed by atoms with Gasteiger partial charge >= 0.3 is 29.9 Å². The number of hydrogen-bond acceptors (Lipinski definition) is 1. The van der Waals surface area contributed by atoms with Gasteiger partial charge < -0.3 is 4.74 Å². The van der Waals surface area contributed by atoms with Crippen molar-refractivity contribution in [1.82, 2.24) is 0 Å². The van der Waals surface area contributed by atoms with Crippen molar-refractivity contribution in [2.24, 2.45) is 0 Å². The summed E-state index contributed by atoms with van der Waals surface area (Å²) in [5.41, 5.74) is -2.05. The van der Waals surface area contributed by atoms with Gasteiger partial charge in [-0.25, -0.2) is 0 Å². The third kappa shape index (κ3) is 3.20. The Morgan fingerprint density at radius 1 is 0.808 bits per heavy atom. The molecule has 0 radical (unpaired) electrons. The zero-order valence-electron chi connectivity index (χ0n) is 12.0. The predicted molar refractivity (Wildman–Crippen MR) is 70.5 cm³/mol. The summed E-state index contributed by atoms with van der Waals surface area (Å²) in [6, 6.07) is 0.488. The van der Waals surface area contributed by atoms with Gasteiger partial charge in [-0.1, -0.05) is 27.5 Å². The van der Waals surface area contributed by atoms with Crippen molar-refractivity contribution in [1.29, 1.82) is 0 Å². The minimum atomic E-state index is -7.49. The Bertz CT molecular complexity index is 686. The topological polar surface area (TPSA) is 9.23 Å². The van der Waals surface area contributed by atoms with Crippen LogP contribution in [0.15, 0.2) is 16.6 Å². The molecule has 1 rings (SSSR count). The summed E-state index contributed by atoms with van der Waals surface area (Å²) in [6.45, 7) is 0. The van der Waals surface area contributed by atoms with Crippen LogP contribution in [0.4, 0.5) is 48.3 Å². The highest BCUT2D eigenvalue weighted by molar-refractivity contribution is 9.10. The number of hydrogen-bond donors (Lipinski definition) is 0. The standard InChI is InChI=1S/C12H5BrClF11O/c1-26-7-3-5(13)4(2-6(7)14)8(15,16)9(17,18)10(19,20)11(21,22)12(23,24)25/h2-3H,1H3. The lowest BCUT2D eigenvalue weighted by Crippen LogP contribution is -2.65. The Balaban J connectivity index is 3.63. The molecule has 0 spiro atoms. The van der Waals surface area contributed by atoms with E-state index in [1.165, 1.54) is 0 Å².